The van der Waals surface area contributed by atoms with Crippen LogP contribution in [-0.4, -0.2) is 35.2 Å². The molecule has 25 heavy (non-hydrogen) atoms. The quantitative estimate of drug-likeness (QED) is 0.738. The first-order chi connectivity index (χ1) is 12.3. The summed E-state index contributed by atoms with van der Waals surface area (Å²) in [7, 11) is 0. The minimum absolute atomic E-state index is 0.126. The third kappa shape index (κ3) is 3.44. The molecule has 4 rings (SSSR count). The van der Waals surface area contributed by atoms with Gasteiger partial charge in [0.2, 0.25) is 0 Å². The van der Waals surface area contributed by atoms with Crippen molar-refractivity contribution < 1.29 is 4.79 Å². The van der Waals surface area contributed by atoms with E-state index in [9.17, 15) is 4.79 Å². The van der Waals surface area contributed by atoms with E-state index in [1.165, 1.54) is 5.69 Å². The second-order valence-corrected chi connectivity index (χ2v) is 7.13. The molecule has 1 aliphatic rings. The van der Waals surface area contributed by atoms with Crippen LogP contribution < -0.4 is 10.2 Å². The molecule has 0 spiro atoms. The van der Waals surface area contributed by atoms with E-state index < -0.39 is 0 Å². The number of thiophene rings is 1. The van der Waals surface area contributed by atoms with Crippen molar-refractivity contribution in [3.63, 3.8) is 0 Å². The number of carbonyl (C=O) groups excluding carboxylic acids is 1. The van der Waals surface area contributed by atoms with Gasteiger partial charge in [-0.05, 0) is 42.5 Å². The normalized spacial score (nSPS) is 17.0. The number of nitrogens with one attached hydrogen (secondary N) is 2. The van der Waals surface area contributed by atoms with Gasteiger partial charge in [-0.2, -0.15) is 5.10 Å². The van der Waals surface area contributed by atoms with Crippen molar-refractivity contribution in [2.24, 2.45) is 0 Å². The molecule has 0 bridgehead atoms. The van der Waals surface area contributed by atoms with Crippen LogP contribution in [0.2, 0.25) is 0 Å². The topological polar surface area (TPSA) is 61.0 Å². The van der Waals surface area contributed by atoms with Crippen molar-refractivity contribution >= 4 is 22.9 Å². The Morgan fingerprint density at radius 2 is 2.16 bits per heavy atom. The van der Waals surface area contributed by atoms with Crippen LogP contribution in [0.5, 0.6) is 0 Å². The number of amides is 1. The highest BCUT2D eigenvalue weighted by atomic mass is 32.1. The number of hydrogen-bond acceptors (Lipinski definition) is 4. The number of benzene rings is 1. The van der Waals surface area contributed by atoms with Crippen LogP contribution in [0.3, 0.4) is 0 Å². The maximum absolute atomic E-state index is 12.4. The molecule has 0 saturated carbocycles. The summed E-state index contributed by atoms with van der Waals surface area (Å²) in [6, 6.07) is 16.5. The molecule has 1 unspecified atom stereocenters. The molecule has 1 amide bonds. The fourth-order valence-electron chi connectivity index (χ4n) is 3.30. The lowest BCUT2D eigenvalue weighted by molar-refractivity contribution is 0.0946. The van der Waals surface area contributed by atoms with E-state index in [-0.39, 0.29) is 5.91 Å². The van der Waals surface area contributed by atoms with Crippen molar-refractivity contribution in [3.05, 3.63) is 59.6 Å². The van der Waals surface area contributed by atoms with E-state index in [1.807, 2.05) is 29.6 Å². The molecule has 1 saturated heterocycles. The van der Waals surface area contributed by atoms with Gasteiger partial charge in [0.15, 0.2) is 5.69 Å². The molecule has 2 aromatic heterocycles. The first kappa shape index (κ1) is 15.9. The van der Waals surface area contributed by atoms with Gasteiger partial charge in [0, 0.05) is 24.8 Å². The van der Waals surface area contributed by atoms with E-state index in [0.29, 0.717) is 18.3 Å². The van der Waals surface area contributed by atoms with Gasteiger partial charge in [0.1, 0.15) is 0 Å². The second kappa shape index (κ2) is 7.11. The molecular formula is C19H20N4OS. The lowest BCUT2D eigenvalue weighted by Crippen LogP contribution is -2.40. The Labute approximate surface area is 150 Å². The van der Waals surface area contributed by atoms with E-state index >= 15 is 0 Å². The minimum Gasteiger partial charge on any atom is -0.367 e. The molecule has 0 aliphatic carbocycles. The van der Waals surface area contributed by atoms with Crippen molar-refractivity contribution in [3.8, 4) is 10.6 Å². The zero-order valence-electron chi connectivity index (χ0n) is 13.8. The standard InChI is InChI=1S/C19H20N4OS/c24-19(17-12-16(21-22-17)18-9-5-11-25-18)20-13-15-8-4-10-23(15)14-6-2-1-3-7-14/h1-3,5-7,9,11-12,15H,4,8,10,13H2,(H,20,24)(H,21,22). The zero-order valence-corrected chi connectivity index (χ0v) is 14.6. The third-order valence-electron chi connectivity index (χ3n) is 4.56. The van der Waals surface area contributed by atoms with Crippen molar-refractivity contribution in [2.45, 2.75) is 18.9 Å². The zero-order chi connectivity index (χ0) is 17.1. The highest BCUT2D eigenvalue weighted by molar-refractivity contribution is 7.13. The maximum Gasteiger partial charge on any atom is 0.271 e. The van der Waals surface area contributed by atoms with Crippen molar-refractivity contribution in [1.29, 1.82) is 0 Å². The molecular weight excluding hydrogens is 332 g/mol. The van der Waals surface area contributed by atoms with E-state index in [1.54, 1.807) is 11.3 Å². The summed E-state index contributed by atoms with van der Waals surface area (Å²) < 4.78 is 0. The largest absolute Gasteiger partial charge is 0.367 e. The van der Waals surface area contributed by atoms with Crippen molar-refractivity contribution in [2.75, 3.05) is 18.0 Å². The predicted octanol–water partition coefficient (Wildman–Crippen LogP) is 3.54. The van der Waals surface area contributed by atoms with Crippen LogP contribution in [-0.2, 0) is 0 Å². The van der Waals surface area contributed by atoms with Gasteiger partial charge >= 0.3 is 0 Å². The van der Waals surface area contributed by atoms with Crippen LogP contribution in [0.1, 0.15) is 23.3 Å². The van der Waals surface area contributed by atoms with Gasteiger partial charge in [0.05, 0.1) is 10.6 Å². The van der Waals surface area contributed by atoms with E-state index in [4.69, 9.17) is 0 Å². The monoisotopic (exact) mass is 352 g/mol. The van der Waals surface area contributed by atoms with E-state index in [2.05, 4.69) is 44.7 Å². The lowest BCUT2D eigenvalue weighted by Gasteiger charge is -2.26. The van der Waals surface area contributed by atoms with Gasteiger partial charge in [-0.1, -0.05) is 24.3 Å². The number of para-hydroxylation sites is 1. The maximum atomic E-state index is 12.4. The molecule has 6 heteroatoms. The number of H-pyrrole nitrogens is 1. The molecule has 3 aromatic rings. The Hall–Kier alpha value is -2.60. The summed E-state index contributed by atoms with van der Waals surface area (Å²) >= 11 is 1.62. The van der Waals surface area contributed by atoms with Crippen LogP contribution in [0.4, 0.5) is 5.69 Å². The summed E-state index contributed by atoms with van der Waals surface area (Å²) in [4.78, 5) is 15.9. The molecule has 3 heterocycles. The summed E-state index contributed by atoms with van der Waals surface area (Å²) in [5.74, 6) is -0.126. The van der Waals surface area contributed by atoms with Crippen LogP contribution in [0, 0.1) is 0 Å². The first-order valence-electron chi connectivity index (χ1n) is 8.50. The third-order valence-corrected chi connectivity index (χ3v) is 5.46. The first-order valence-corrected chi connectivity index (χ1v) is 9.38. The number of hydrogen-bond donors (Lipinski definition) is 2. The van der Waals surface area contributed by atoms with Gasteiger partial charge in [-0.25, -0.2) is 0 Å². The summed E-state index contributed by atoms with van der Waals surface area (Å²) in [6.07, 6.45) is 2.25. The van der Waals surface area contributed by atoms with E-state index in [0.717, 1.165) is 30.0 Å². The lowest BCUT2D eigenvalue weighted by atomic mass is 10.2. The van der Waals surface area contributed by atoms with Crippen LogP contribution in [0.25, 0.3) is 10.6 Å². The Bertz CT molecular complexity index is 828. The molecule has 2 N–H and O–H groups in total. The summed E-state index contributed by atoms with van der Waals surface area (Å²) in [5, 5.41) is 12.1. The number of anilines is 1. The molecule has 0 radical (unpaired) electrons. The van der Waals surface area contributed by atoms with Crippen molar-refractivity contribution in [1.82, 2.24) is 15.5 Å². The van der Waals surface area contributed by atoms with Crippen LogP contribution in [0.15, 0.2) is 53.9 Å². The Morgan fingerprint density at radius 1 is 1.28 bits per heavy atom. The highest BCUT2D eigenvalue weighted by Crippen LogP contribution is 2.25. The van der Waals surface area contributed by atoms with Gasteiger partial charge in [0.25, 0.3) is 5.91 Å². The molecule has 1 aliphatic heterocycles. The average Bonchev–Trinajstić information content (AvgIpc) is 3.41. The number of aromatic nitrogens is 2. The summed E-state index contributed by atoms with van der Waals surface area (Å²) in [5.41, 5.74) is 2.54. The Balaban J connectivity index is 1.38. The fourth-order valence-corrected chi connectivity index (χ4v) is 4.00. The van der Waals surface area contributed by atoms with Gasteiger partial charge in [-0.15, -0.1) is 11.3 Å². The number of aromatic amines is 1. The smallest absolute Gasteiger partial charge is 0.271 e. The van der Waals surface area contributed by atoms with Gasteiger partial charge in [-0.3, -0.25) is 9.89 Å². The predicted molar refractivity (Wildman–Crippen MR) is 101 cm³/mol. The second-order valence-electron chi connectivity index (χ2n) is 6.18. The summed E-state index contributed by atoms with van der Waals surface area (Å²) in [6.45, 7) is 1.67. The average molecular weight is 352 g/mol. The Kier molecular flexibility index (Phi) is 4.52. The van der Waals surface area contributed by atoms with Crippen LogP contribution >= 0.6 is 11.3 Å². The fraction of sp³-hybridized carbons (Fsp3) is 0.263. The number of rotatable bonds is 5. The SMILES string of the molecule is O=C(NCC1CCCN1c1ccccc1)c1cc(-c2cccs2)[nH]n1. The molecule has 1 aromatic carbocycles. The van der Waals surface area contributed by atoms with Gasteiger partial charge < -0.3 is 10.2 Å². The minimum atomic E-state index is -0.126. The molecule has 128 valence electrons. The Morgan fingerprint density at radius 3 is 2.96 bits per heavy atom. The highest BCUT2D eigenvalue weighted by Gasteiger charge is 2.25. The molecule has 5 nitrogen and oxygen atoms in total. The molecule has 1 fully saturated rings. The molecule has 1 atom stereocenters. The number of carbonyl (C=O) groups is 1. The number of nitrogens with zero attached hydrogens (tertiary/aromatic N) is 2.